The first-order valence-electron chi connectivity index (χ1n) is 7.17. The minimum absolute atomic E-state index is 0.864. The Bertz CT molecular complexity index is 539. The van der Waals surface area contributed by atoms with Crippen molar-refractivity contribution in [3.8, 4) is 0 Å². The van der Waals surface area contributed by atoms with E-state index in [9.17, 15) is 0 Å². The van der Waals surface area contributed by atoms with Gasteiger partial charge in [0.15, 0.2) is 0 Å². The Labute approximate surface area is 123 Å². The number of pyridine rings is 1. The fourth-order valence-electron chi connectivity index (χ4n) is 2.08. The maximum atomic E-state index is 4.31. The third-order valence-corrected chi connectivity index (χ3v) is 5.52. The maximum Gasteiger partial charge on any atom is 0.0775 e. The molecule has 0 saturated heterocycles. The molecule has 0 saturated carbocycles. The van der Waals surface area contributed by atoms with Crippen molar-refractivity contribution >= 4 is 13.3 Å². The molecule has 0 unspecified atom stereocenters. The number of rotatable bonds is 5. The van der Waals surface area contributed by atoms with Crippen LogP contribution in [-0.4, -0.2) is 13.1 Å². The molecule has 0 aliphatic heterocycles. The topological polar surface area (TPSA) is 24.9 Å². The molecule has 0 bridgehead atoms. The van der Waals surface area contributed by atoms with Gasteiger partial charge in [-0.3, -0.25) is 4.98 Å². The lowest BCUT2D eigenvalue weighted by Crippen LogP contribution is -2.37. The predicted molar refractivity (Wildman–Crippen MR) is 88.9 cm³/mol. The molecule has 0 radical (unpaired) electrons. The highest BCUT2D eigenvalue weighted by Gasteiger charge is 2.15. The zero-order valence-corrected chi connectivity index (χ0v) is 13.9. The smallest absolute Gasteiger partial charge is 0.0775 e. The van der Waals surface area contributed by atoms with Gasteiger partial charge in [-0.05, 0) is 24.1 Å². The summed E-state index contributed by atoms with van der Waals surface area (Å²) in [5, 5.41) is 4.98. The SMILES string of the molecule is Cc1ccc(CNCc2ccc([Si](C)(C)C)cc2)cn1. The van der Waals surface area contributed by atoms with E-state index in [0.29, 0.717) is 0 Å². The molecule has 0 fully saturated rings. The highest BCUT2D eigenvalue weighted by molar-refractivity contribution is 6.88. The van der Waals surface area contributed by atoms with Gasteiger partial charge in [0.25, 0.3) is 0 Å². The van der Waals surface area contributed by atoms with Gasteiger partial charge in [-0.25, -0.2) is 0 Å². The molecule has 0 aliphatic rings. The summed E-state index contributed by atoms with van der Waals surface area (Å²) in [6.07, 6.45) is 1.94. The Balaban J connectivity index is 1.87. The lowest BCUT2D eigenvalue weighted by Gasteiger charge is -2.16. The van der Waals surface area contributed by atoms with Gasteiger partial charge in [0.05, 0.1) is 8.07 Å². The van der Waals surface area contributed by atoms with Crippen LogP contribution in [0.3, 0.4) is 0 Å². The van der Waals surface area contributed by atoms with Crippen LogP contribution in [0.5, 0.6) is 0 Å². The van der Waals surface area contributed by atoms with Crippen molar-refractivity contribution in [2.24, 2.45) is 0 Å². The number of benzene rings is 1. The number of hydrogen-bond acceptors (Lipinski definition) is 2. The lowest BCUT2D eigenvalue weighted by atomic mass is 10.2. The van der Waals surface area contributed by atoms with E-state index >= 15 is 0 Å². The molecular formula is C17H24N2Si. The number of nitrogens with zero attached hydrogens (tertiary/aromatic N) is 1. The second-order valence-corrected chi connectivity index (χ2v) is 11.4. The van der Waals surface area contributed by atoms with Gasteiger partial charge in [0.2, 0.25) is 0 Å². The molecule has 1 heterocycles. The molecule has 1 N–H and O–H groups in total. The van der Waals surface area contributed by atoms with Crippen LogP contribution in [0, 0.1) is 6.92 Å². The first kappa shape index (κ1) is 14.9. The van der Waals surface area contributed by atoms with E-state index in [1.165, 1.54) is 16.3 Å². The van der Waals surface area contributed by atoms with Crippen LogP contribution in [0.15, 0.2) is 42.6 Å². The number of hydrogen-bond donors (Lipinski definition) is 1. The summed E-state index contributed by atoms with van der Waals surface area (Å²) < 4.78 is 0. The molecular weight excluding hydrogens is 260 g/mol. The fourth-order valence-corrected chi connectivity index (χ4v) is 3.24. The van der Waals surface area contributed by atoms with Crippen molar-refractivity contribution in [1.29, 1.82) is 0 Å². The molecule has 20 heavy (non-hydrogen) atoms. The first-order chi connectivity index (χ1) is 9.45. The van der Waals surface area contributed by atoms with Gasteiger partial charge in [-0.1, -0.05) is 55.2 Å². The monoisotopic (exact) mass is 284 g/mol. The van der Waals surface area contributed by atoms with E-state index in [1.54, 1.807) is 0 Å². The molecule has 106 valence electrons. The summed E-state index contributed by atoms with van der Waals surface area (Å²) in [6.45, 7) is 10.9. The van der Waals surface area contributed by atoms with Crippen LogP contribution < -0.4 is 10.5 Å². The van der Waals surface area contributed by atoms with Crippen molar-refractivity contribution in [2.45, 2.75) is 39.7 Å². The quantitative estimate of drug-likeness (QED) is 0.853. The first-order valence-corrected chi connectivity index (χ1v) is 10.7. The largest absolute Gasteiger partial charge is 0.309 e. The Morgan fingerprint density at radius 2 is 1.50 bits per heavy atom. The molecule has 1 aromatic carbocycles. The summed E-state index contributed by atoms with van der Waals surface area (Å²) in [5.41, 5.74) is 3.64. The molecule has 2 nitrogen and oxygen atoms in total. The number of aryl methyl sites for hydroxylation is 1. The van der Waals surface area contributed by atoms with E-state index in [2.05, 4.69) is 66.3 Å². The number of nitrogens with one attached hydrogen (secondary N) is 1. The van der Waals surface area contributed by atoms with Crippen molar-refractivity contribution in [1.82, 2.24) is 10.3 Å². The van der Waals surface area contributed by atoms with Crippen molar-refractivity contribution in [3.63, 3.8) is 0 Å². The average molecular weight is 284 g/mol. The third-order valence-electron chi connectivity index (χ3n) is 3.45. The summed E-state index contributed by atoms with van der Waals surface area (Å²) in [6, 6.07) is 13.2. The Kier molecular flexibility index (Phi) is 4.73. The summed E-state index contributed by atoms with van der Waals surface area (Å²) in [5.74, 6) is 0. The fraction of sp³-hybridized carbons (Fsp3) is 0.353. The molecule has 0 amide bonds. The van der Waals surface area contributed by atoms with Crippen LogP contribution in [0.1, 0.15) is 16.8 Å². The number of aromatic nitrogens is 1. The maximum absolute atomic E-state index is 4.31. The Morgan fingerprint density at radius 1 is 0.900 bits per heavy atom. The standard InChI is InChI=1S/C17H24N2Si/c1-14-5-6-16(13-19-14)12-18-11-15-7-9-17(10-8-15)20(2,3)4/h5-10,13,18H,11-12H2,1-4H3. The van der Waals surface area contributed by atoms with Crippen LogP contribution in [-0.2, 0) is 13.1 Å². The van der Waals surface area contributed by atoms with Gasteiger partial charge >= 0.3 is 0 Å². The molecule has 2 rings (SSSR count). The van der Waals surface area contributed by atoms with Crippen molar-refractivity contribution in [3.05, 3.63) is 59.4 Å². The van der Waals surface area contributed by atoms with E-state index in [4.69, 9.17) is 0 Å². The zero-order chi connectivity index (χ0) is 14.6. The molecule has 0 atom stereocenters. The average Bonchev–Trinajstić information content (AvgIpc) is 2.41. The highest BCUT2D eigenvalue weighted by Crippen LogP contribution is 2.05. The molecule has 3 heteroatoms. The van der Waals surface area contributed by atoms with Crippen LogP contribution in [0.25, 0.3) is 0 Å². The van der Waals surface area contributed by atoms with Gasteiger partial charge in [-0.15, -0.1) is 0 Å². The van der Waals surface area contributed by atoms with Crippen LogP contribution in [0.2, 0.25) is 19.6 Å². The minimum Gasteiger partial charge on any atom is -0.309 e. The molecule has 2 aromatic rings. The zero-order valence-electron chi connectivity index (χ0n) is 12.9. The Hall–Kier alpha value is -1.45. The van der Waals surface area contributed by atoms with E-state index < -0.39 is 8.07 Å². The molecule has 0 aliphatic carbocycles. The third kappa shape index (κ3) is 4.29. The minimum atomic E-state index is -1.17. The van der Waals surface area contributed by atoms with E-state index in [0.717, 1.165) is 18.8 Å². The summed E-state index contributed by atoms with van der Waals surface area (Å²) >= 11 is 0. The molecule has 1 aromatic heterocycles. The van der Waals surface area contributed by atoms with Crippen LogP contribution in [0.4, 0.5) is 0 Å². The summed E-state index contributed by atoms with van der Waals surface area (Å²) in [7, 11) is -1.17. The van der Waals surface area contributed by atoms with Gasteiger partial charge in [0.1, 0.15) is 0 Å². The lowest BCUT2D eigenvalue weighted by molar-refractivity contribution is 0.691. The Morgan fingerprint density at radius 3 is 2.05 bits per heavy atom. The summed E-state index contributed by atoms with van der Waals surface area (Å²) in [4.78, 5) is 4.31. The van der Waals surface area contributed by atoms with E-state index in [-0.39, 0.29) is 0 Å². The van der Waals surface area contributed by atoms with Crippen molar-refractivity contribution in [2.75, 3.05) is 0 Å². The van der Waals surface area contributed by atoms with E-state index in [1.807, 2.05) is 13.1 Å². The van der Waals surface area contributed by atoms with Gasteiger partial charge in [-0.2, -0.15) is 0 Å². The van der Waals surface area contributed by atoms with Crippen molar-refractivity contribution < 1.29 is 0 Å². The predicted octanol–water partition coefficient (Wildman–Crippen LogP) is 3.23. The second kappa shape index (κ2) is 6.33. The normalized spacial score (nSPS) is 11.6. The molecule has 0 spiro atoms. The highest BCUT2D eigenvalue weighted by atomic mass is 28.3. The van der Waals surface area contributed by atoms with Crippen LogP contribution >= 0.6 is 0 Å². The van der Waals surface area contributed by atoms with Gasteiger partial charge in [0, 0.05) is 25.0 Å². The van der Waals surface area contributed by atoms with Gasteiger partial charge < -0.3 is 5.32 Å². The second-order valence-electron chi connectivity index (χ2n) is 6.36.